The molecule has 2 heterocycles. The first-order chi connectivity index (χ1) is 8.83. The molecule has 0 aromatic carbocycles. The highest BCUT2D eigenvalue weighted by molar-refractivity contribution is 5.43. The van der Waals surface area contributed by atoms with E-state index in [0.29, 0.717) is 0 Å². The Morgan fingerprint density at radius 3 is 3.00 bits per heavy atom. The summed E-state index contributed by atoms with van der Waals surface area (Å²) >= 11 is 0. The summed E-state index contributed by atoms with van der Waals surface area (Å²) in [5.41, 5.74) is 0. The van der Waals surface area contributed by atoms with E-state index in [-0.39, 0.29) is 0 Å². The van der Waals surface area contributed by atoms with Crippen LogP contribution in [0.1, 0.15) is 39.0 Å². The Bertz CT molecular complexity index is 367. The van der Waals surface area contributed by atoms with Crippen LogP contribution in [0.5, 0.6) is 0 Å². The van der Waals surface area contributed by atoms with E-state index in [1.165, 1.54) is 32.1 Å². The van der Waals surface area contributed by atoms with Crippen LogP contribution in [0.2, 0.25) is 0 Å². The highest BCUT2D eigenvalue weighted by Gasteiger charge is 2.17. The van der Waals surface area contributed by atoms with Gasteiger partial charge >= 0.3 is 0 Å². The van der Waals surface area contributed by atoms with Crippen molar-refractivity contribution >= 4 is 11.6 Å². The number of hydrogen-bond donors (Lipinski definition) is 1. The van der Waals surface area contributed by atoms with Crippen molar-refractivity contribution in [3.63, 3.8) is 0 Å². The predicted octanol–water partition coefficient (Wildman–Crippen LogP) is 2.92. The number of nitrogens with zero attached hydrogens (tertiary/aromatic N) is 3. The Balaban J connectivity index is 2.00. The van der Waals surface area contributed by atoms with E-state index in [1.54, 1.807) is 6.20 Å². The standard InChI is InChI=1S/C14H24N4/c1-3-5-12-6-4-8-18(9-7-12)14-11-16-10-13(15-2)17-14/h10-12H,3-9H2,1-2H3,(H,15,17). The van der Waals surface area contributed by atoms with Crippen LogP contribution in [-0.4, -0.2) is 30.1 Å². The Morgan fingerprint density at radius 2 is 2.22 bits per heavy atom. The van der Waals surface area contributed by atoms with Crippen molar-refractivity contribution < 1.29 is 0 Å². The van der Waals surface area contributed by atoms with Crippen molar-refractivity contribution in [1.82, 2.24) is 9.97 Å². The smallest absolute Gasteiger partial charge is 0.149 e. The van der Waals surface area contributed by atoms with Gasteiger partial charge in [-0.1, -0.05) is 19.8 Å². The van der Waals surface area contributed by atoms with Crippen LogP contribution in [-0.2, 0) is 0 Å². The molecule has 0 amide bonds. The Kier molecular flexibility index (Phi) is 4.79. The van der Waals surface area contributed by atoms with Gasteiger partial charge in [0.25, 0.3) is 0 Å². The maximum Gasteiger partial charge on any atom is 0.149 e. The van der Waals surface area contributed by atoms with Crippen LogP contribution >= 0.6 is 0 Å². The summed E-state index contributed by atoms with van der Waals surface area (Å²) < 4.78 is 0. The second-order valence-electron chi connectivity index (χ2n) is 5.09. The summed E-state index contributed by atoms with van der Waals surface area (Å²) in [4.78, 5) is 11.2. The zero-order valence-corrected chi connectivity index (χ0v) is 11.5. The molecule has 1 unspecified atom stereocenters. The summed E-state index contributed by atoms with van der Waals surface area (Å²) in [7, 11) is 1.88. The van der Waals surface area contributed by atoms with Crippen molar-refractivity contribution in [1.29, 1.82) is 0 Å². The molecule has 0 saturated carbocycles. The highest BCUT2D eigenvalue weighted by Crippen LogP contribution is 2.24. The fraction of sp³-hybridized carbons (Fsp3) is 0.714. The third kappa shape index (κ3) is 3.34. The van der Waals surface area contributed by atoms with Crippen molar-refractivity contribution in [3.05, 3.63) is 12.4 Å². The Labute approximate surface area is 110 Å². The average molecular weight is 248 g/mol. The lowest BCUT2D eigenvalue weighted by Crippen LogP contribution is -2.25. The van der Waals surface area contributed by atoms with Crippen LogP contribution in [0.25, 0.3) is 0 Å². The van der Waals surface area contributed by atoms with Gasteiger partial charge in [-0.15, -0.1) is 0 Å². The van der Waals surface area contributed by atoms with Gasteiger partial charge in [0.1, 0.15) is 11.6 Å². The monoisotopic (exact) mass is 248 g/mol. The summed E-state index contributed by atoms with van der Waals surface area (Å²) in [5.74, 6) is 2.77. The third-order valence-corrected chi connectivity index (χ3v) is 3.75. The molecule has 0 bridgehead atoms. The molecule has 2 rings (SSSR count). The Morgan fingerprint density at radius 1 is 1.33 bits per heavy atom. The number of anilines is 2. The molecule has 1 fully saturated rings. The van der Waals surface area contributed by atoms with Gasteiger partial charge in [0.2, 0.25) is 0 Å². The van der Waals surface area contributed by atoms with Crippen LogP contribution in [0.15, 0.2) is 12.4 Å². The molecule has 18 heavy (non-hydrogen) atoms. The van der Waals surface area contributed by atoms with Crippen LogP contribution in [0.3, 0.4) is 0 Å². The summed E-state index contributed by atoms with van der Waals surface area (Å²) in [5, 5.41) is 3.05. The van der Waals surface area contributed by atoms with Gasteiger partial charge in [-0.25, -0.2) is 4.98 Å². The third-order valence-electron chi connectivity index (χ3n) is 3.75. The molecule has 4 nitrogen and oxygen atoms in total. The van der Waals surface area contributed by atoms with Crippen molar-refractivity contribution in [2.45, 2.75) is 39.0 Å². The maximum absolute atomic E-state index is 4.58. The number of rotatable bonds is 4. The molecule has 1 aliphatic heterocycles. The first kappa shape index (κ1) is 13.1. The number of hydrogen-bond acceptors (Lipinski definition) is 4. The van der Waals surface area contributed by atoms with Crippen molar-refractivity contribution in [2.24, 2.45) is 5.92 Å². The van der Waals surface area contributed by atoms with Gasteiger partial charge in [0.05, 0.1) is 12.4 Å². The zero-order chi connectivity index (χ0) is 12.8. The normalized spacial score (nSPS) is 20.6. The van der Waals surface area contributed by atoms with Gasteiger partial charge < -0.3 is 10.2 Å². The Hall–Kier alpha value is -1.32. The summed E-state index contributed by atoms with van der Waals surface area (Å²) in [6, 6.07) is 0. The predicted molar refractivity (Wildman–Crippen MR) is 76.0 cm³/mol. The van der Waals surface area contributed by atoms with Crippen molar-refractivity contribution in [2.75, 3.05) is 30.4 Å². The lowest BCUT2D eigenvalue weighted by Gasteiger charge is -2.21. The molecule has 0 radical (unpaired) electrons. The summed E-state index contributed by atoms with van der Waals surface area (Å²) in [6.45, 7) is 4.51. The van der Waals surface area contributed by atoms with Crippen molar-refractivity contribution in [3.8, 4) is 0 Å². The molecular formula is C14H24N4. The molecule has 0 spiro atoms. The molecule has 1 saturated heterocycles. The lowest BCUT2D eigenvalue weighted by atomic mass is 9.96. The first-order valence-electron chi connectivity index (χ1n) is 7.08. The average Bonchev–Trinajstić information content (AvgIpc) is 2.65. The minimum Gasteiger partial charge on any atom is -0.372 e. The first-order valence-corrected chi connectivity index (χ1v) is 7.08. The second-order valence-corrected chi connectivity index (χ2v) is 5.09. The molecule has 1 aliphatic rings. The number of aromatic nitrogens is 2. The molecular weight excluding hydrogens is 224 g/mol. The minimum absolute atomic E-state index is 0.849. The van der Waals surface area contributed by atoms with E-state index in [9.17, 15) is 0 Å². The molecule has 1 N–H and O–H groups in total. The summed E-state index contributed by atoms with van der Waals surface area (Å²) in [6.07, 6.45) is 10.2. The second kappa shape index (κ2) is 6.57. The van der Waals surface area contributed by atoms with Gasteiger partial charge in [0.15, 0.2) is 0 Å². The topological polar surface area (TPSA) is 41.1 Å². The van der Waals surface area contributed by atoms with E-state index in [2.05, 4.69) is 27.1 Å². The molecule has 4 heteroatoms. The van der Waals surface area contributed by atoms with Gasteiger partial charge in [-0.2, -0.15) is 0 Å². The van der Waals surface area contributed by atoms with Crippen LogP contribution in [0, 0.1) is 5.92 Å². The zero-order valence-electron chi connectivity index (χ0n) is 11.5. The lowest BCUT2D eigenvalue weighted by molar-refractivity contribution is 0.435. The fourth-order valence-corrected chi connectivity index (χ4v) is 2.72. The molecule has 1 atom stereocenters. The van der Waals surface area contributed by atoms with E-state index < -0.39 is 0 Å². The fourth-order valence-electron chi connectivity index (χ4n) is 2.72. The van der Waals surface area contributed by atoms with E-state index in [4.69, 9.17) is 0 Å². The SMILES string of the molecule is CCCC1CCCN(c2cncc(NC)n2)CC1. The molecule has 0 aliphatic carbocycles. The van der Waals surface area contributed by atoms with Gasteiger partial charge in [-0.05, 0) is 25.2 Å². The maximum atomic E-state index is 4.58. The molecule has 1 aromatic rings. The largest absolute Gasteiger partial charge is 0.372 e. The van der Waals surface area contributed by atoms with E-state index in [1.807, 2.05) is 13.2 Å². The van der Waals surface area contributed by atoms with E-state index in [0.717, 1.165) is 30.6 Å². The minimum atomic E-state index is 0.849. The van der Waals surface area contributed by atoms with E-state index >= 15 is 0 Å². The van der Waals surface area contributed by atoms with Gasteiger partial charge in [0, 0.05) is 20.1 Å². The molecule has 100 valence electrons. The van der Waals surface area contributed by atoms with Crippen LogP contribution < -0.4 is 10.2 Å². The van der Waals surface area contributed by atoms with Crippen LogP contribution in [0.4, 0.5) is 11.6 Å². The quantitative estimate of drug-likeness (QED) is 0.889. The number of nitrogens with one attached hydrogen (secondary N) is 1. The van der Waals surface area contributed by atoms with Gasteiger partial charge in [-0.3, -0.25) is 4.98 Å². The molecule has 1 aromatic heterocycles. The highest BCUT2D eigenvalue weighted by atomic mass is 15.2.